The van der Waals surface area contributed by atoms with Crippen LogP contribution >= 0.6 is 0 Å². The second-order valence-electron chi connectivity index (χ2n) is 6.26. The normalized spacial score (nSPS) is 14.4. The molecule has 1 aromatic heterocycles. The zero-order valence-electron chi connectivity index (χ0n) is 14.2. The molecule has 0 atom stereocenters. The van der Waals surface area contributed by atoms with E-state index >= 15 is 0 Å². The first kappa shape index (κ1) is 18.6. The van der Waals surface area contributed by atoms with Crippen molar-refractivity contribution in [1.29, 1.82) is 0 Å². The first-order valence-electron chi connectivity index (χ1n) is 8.34. The van der Waals surface area contributed by atoms with Gasteiger partial charge in [0, 0.05) is 12.0 Å². The molecule has 134 valence electrons. The number of aromatic nitrogens is 1. The van der Waals surface area contributed by atoms with Crippen molar-refractivity contribution < 1.29 is 20.2 Å². The van der Waals surface area contributed by atoms with Crippen LogP contribution in [0.1, 0.15) is 59.6 Å². The predicted octanol–water partition coefficient (Wildman–Crippen LogP) is 3.53. The fraction of sp³-hybridized carbons (Fsp3) is 0.368. The van der Waals surface area contributed by atoms with Gasteiger partial charge < -0.3 is 15.4 Å². The van der Waals surface area contributed by atoms with E-state index in [1.165, 1.54) is 37.5 Å². The number of carboxylic acids is 1. The largest absolute Gasteiger partial charge is 0.507 e. The van der Waals surface area contributed by atoms with Crippen molar-refractivity contribution in [1.82, 2.24) is 4.73 Å². The van der Waals surface area contributed by atoms with E-state index in [-0.39, 0.29) is 16.9 Å². The molecule has 2 aromatic rings. The topological polar surface area (TPSA) is 99.8 Å². The molecule has 0 unspecified atom stereocenters. The van der Waals surface area contributed by atoms with Gasteiger partial charge in [0.1, 0.15) is 11.3 Å². The summed E-state index contributed by atoms with van der Waals surface area (Å²) < 4.78 is 0.822. The summed E-state index contributed by atoms with van der Waals surface area (Å²) in [7, 11) is 0. The van der Waals surface area contributed by atoms with E-state index in [0.717, 1.165) is 28.8 Å². The molecule has 0 aliphatic heterocycles. The molecule has 0 radical (unpaired) electrons. The summed E-state index contributed by atoms with van der Waals surface area (Å²) in [4.78, 5) is 21.7. The second kappa shape index (κ2) is 8.37. The van der Waals surface area contributed by atoms with E-state index in [1.807, 2.05) is 13.0 Å². The van der Waals surface area contributed by atoms with Crippen molar-refractivity contribution in [3.8, 4) is 5.75 Å². The fourth-order valence-corrected chi connectivity index (χ4v) is 3.06. The average Bonchev–Trinajstić information content (AvgIpc) is 2.59. The Labute approximate surface area is 145 Å². The van der Waals surface area contributed by atoms with Gasteiger partial charge in [-0.3, -0.25) is 4.79 Å². The highest BCUT2D eigenvalue weighted by Gasteiger charge is 2.19. The molecule has 0 saturated heterocycles. The summed E-state index contributed by atoms with van der Waals surface area (Å²) in [5.74, 6) is -0.954. The fourth-order valence-electron chi connectivity index (χ4n) is 3.06. The van der Waals surface area contributed by atoms with Gasteiger partial charge in [0.25, 0.3) is 5.56 Å². The maximum atomic E-state index is 11.4. The van der Waals surface area contributed by atoms with Gasteiger partial charge in [0.2, 0.25) is 0 Å². The number of carbonyl (C=O) groups is 1. The van der Waals surface area contributed by atoms with Crippen LogP contribution in [0.5, 0.6) is 5.75 Å². The molecule has 6 nitrogen and oxygen atoms in total. The van der Waals surface area contributed by atoms with Crippen LogP contribution in [0, 0.1) is 6.92 Å². The van der Waals surface area contributed by atoms with Gasteiger partial charge in [0.15, 0.2) is 0 Å². The summed E-state index contributed by atoms with van der Waals surface area (Å²) in [5, 5.41) is 27.0. The minimum atomic E-state index is -1.11. The number of para-hydroxylation sites is 1. The highest BCUT2D eigenvalue weighted by molar-refractivity contribution is 5.90. The Bertz CT molecular complexity index is 791. The molecule has 0 bridgehead atoms. The standard InChI is InChI=1S/C12H17NO2.C7H6O3/c1-9-7-11(13(15)12(14)8-9)10-5-3-2-4-6-10;8-6-4-2-1-3-5(6)7(9)10/h7-8,10,15H,2-6H2,1H3;1-4,8H,(H,9,10). The quantitative estimate of drug-likeness (QED) is 0.723. The second-order valence-corrected chi connectivity index (χ2v) is 6.26. The molecule has 1 heterocycles. The lowest BCUT2D eigenvalue weighted by Gasteiger charge is -2.22. The molecular weight excluding hydrogens is 322 g/mol. The Hall–Kier alpha value is -2.76. The zero-order valence-corrected chi connectivity index (χ0v) is 14.2. The maximum Gasteiger partial charge on any atom is 0.339 e. The number of phenols is 1. The molecular formula is C19H23NO5. The van der Waals surface area contributed by atoms with Gasteiger partial charge >= 0.3 is 5.97 Å². The lowest BCUT2D eigenvalue weighted by molar-refractivity contribution is 0.0693. The predicted molar refractivity (Wildman–Crippen MR) is 93.5 cm³/mol. The van der Waals surface area contributed by atoms with E-state index < -0.39 is 5.97 Å². The van der Waals surface area contributed by atoms with E-state index in [2.05, 4.69) is 0 Å². The number of rotatable bonds is 2. The van der Waals surface area contributed by atoms with Crippen LogP contribution in [0.25, 0.3) is 0 Å². The van der Waals surface area contributed by atoms with Crippen molar-refractivity contribution >= 4 is 5.97 Å². The van der Waals surface area contributed by atoms with E-state index in [9.17, 15) is 14.8 Å². The third-order valence-electron chi connectivity index (χ3n) is 4.34. The minimum Gasteiger partial charge on any atom is -0.507 e. The monoisotopic (exact) mass is 345 g/mol. The maximum absolute atomic E-state index is 11.4. The van der Waals surface area contributed by atoms with Crippen LogP contribution in [0.15, 0.2) is 41.2 Å². The number of aromatic hydroxyl groups is 1. The number of benzene rings is 1. The first-order valence-corrected chi connectivity index (χ1v) is 8.34. The molecule has 25 heavy (non-hydrogen) atoms. The first-order chi connectivity index (χ1) is 11.9. The van der Waals surface area contributed by atoms with E-state index in [1.54, 1.807) is 12.1 Å². The van der Waals surface area contributed by atoms with Crippen molar-refractivity contribution in [3.63, 3.8) is 0 Å². The minimum absolute atomic E-state index is 0.0671. The smallest absolute Gasteiger partial charge is 0.339 e. The van der Waals surface area contributed by atoms with Crippen LogP contribution in [-0.2, 0) is 0 Å². The van der Waals surface area contributed by atoms with Gasteiger partial charge in [-0.05, 0) is 43.5 Å². The summed E-state index contributed by atoms with van der Waals surface area (Å²) in [5.41, 5.74) is 1.35. The molecule has 1 aliphatic carbocycles. The molecule has 6 heteroatoms. The summed E-state index contributed by atoms with van der Waals surface area (Å²) in [6.07, 6.45) is 5.85. The van der Waals surface area contributed by atoms with Crippen molar-refractivity contribution in [3.05, 3.63) is 63.6 Å². The number of aryl methyl sites for hydroxylation is 1. The molecule has 3 rings (SSSR count). The SMILES string of the molecule is Cc1cc(C2CCCCC2)n(O)c(=O)c1.O=C(O)c1ccccc1O. The Balaban J connectivity index is 0.000000196. The highest BCUT2D eigenvalue weighted by Crippen LogP contribution is 2.31. The summed E-state index contributed by atoms with van der Waals surface area (Å²) >= 11 is 0. The summed E-state index contributed by atoms with van der Waals surface area (Å²) in [6.45, 7) is 1.90. The van der Waals surface area contributed by atoms with E-state index in [0.29, 0.717) is 5.92 Å². The third-order valence-corrected chi connectivity index (χ3v) is 4.34. The van der Waals surface area contributed by atoms with Crippen molar-refractivity contribution in [2.75, 3.05) is 0 Å². The van der Waals surface area contributed by atoms with Gasteiger partial charge in [0.05, 0.1) is 5.69 Å². The Morgan fingerprint density at radius 3 is 2.32 bits per heavy atom. The molecule has 0 amide bonds. The number of nitrogens with zero attached hydrogens (tertiary/aromatic N) is 1. The van der Waals surface area contributed by atoms with Crippen LogP contribution in [0.3, 0.4) is 0 Å². The molecule has 1 aliphatic rings. The number of pyridine rings is 1. The van der Waals surface area contributed by atoms with Crippen LogP contribution < -0.4 is 5.56 Å². The zero-order chi connectivity index (χ0) is 18.4. The van der Waals surface area contributed by atoms with Crippen LogP contribution in [-0.4, -0.2) is 26.1 Å². The number of hydrogen-bond acceptors (Lipinski definition) is 4. The van der Waals surface area contributed by atoms with Crippen LogP contribution in [0.4, 0.5) is 0 Å². The van der Waals surface area contributed by atoms with Crippen molar-refractivity contribution in [2.24, 2.45) is 0 Å². The molecule has 1 fully saturated rings. The molecule has 0 spiro atoms. The number of aromatic carboxylic acids is 1. The highest BCUT2D eigenvalue weighted by atomic mass is 16.5. The lowest BCUT2D eigenvalue weighted by Crippen LogP contribution is -2.23. The van der Waals surface area contributed by atoms with Gasteiger partial charge in [-0.1, -0.05) is 31.4 Å². The molecule has 1 aromatic carbocycles. The average molecular weight is 345 g/mol. The molecule has 1 saturated carbocycles. The molecule has 3 N–H and O–H groups in total. The van der Waals surface area contributed by atoms with Crippen molar-refractivity contribution in [2.45, 2.75) is 44.9 Å². The Morgan fingerprint density at radius 2 is 1.76 bits per heavy atom. The van der Waals surface area contributed by atoms with E-state index in [4.69, 9.17) is 10.2 Å². The Kier molecular flexibility index (Phi) is 6.22. The summed E-state index contributed by atoms with van der Waals surface area (Å²) in [6, 6.07) is 9.20. The van der Waals surface area contributed by atoms with Gasteiger partial charge in [-0.15, -0.1) is 0 Å². The lowest BCUT2D eigenvalue weighted by atomic mass is 9.86. The van der Waals surface area contributed by atoms with Gasteiger partial charge in [-0.2, -0.15) is 4.73 Å². The van der Waals surface area contributed by atoms with Crippen LogP contribution in [0.2, 0.25) is 0 Å². The third kappa shape index (κ3) is 4.86. The number of carboxylic acid groups (broad SMARTS) is 1. The van der Waals surface area contributed by atoms with Gasteiger partial charge in [-0.25, -0.2) is 4.79 Å². The Morgan fingerprint density at radius 1 is 1.12 bits per heavy atom. The number of hydrogen-bond donors (Lipinski definition) is 3.